The number of imidazole rings is 1. The van der Waals surface area contributed by atoms with E-state index in [1.165, 1.54) is 6.26 Å². The summed E-state index contributed by atoms with van der Waals surface area (Å²) in [5, 5.41) is 3.23. The lowest BCUT2D eigenvalue weighted by Gasteiger charge is -2.27. The van der Waals surface area contributed by atoms with Crippen LogP contribution in [0.2, 0.25) is 0 Å². The summed E-state index contributed by atoms with van der Waals surface area (Å²) in [4.78, 5) is 18.4. The van der Waals surface area contributed by atoms with Crippen molar-refractivity contribution in [1.29, 1.82) is 0 Å². The van der Waals surface area contributed by atoms with Gasteiger partial charge in [0.15, 0.2) is 5.82 Å². The molecule has 30 heavy (non-hydrogen) atoms. The number of nitrogens with one attached hydrogen (secondary N) is 1. The van der Waals surface area contributed by atoms with E-state index < -0.39 is 10.6 Å². The highest BCUT2D eigenvalue weighted by Gasteiger charge is 2.13. The second kappa shape index (κ2) is 7.67. The molecular weight excluding hydrogens is 400 g/mol. The normalized spacial score (nSPS) is 12.5. The van der Waals surface area contributed by atoms with E-state index in [9.17, 15) is 9.11 Å². The Bertz CT molecular complexity index is 1220. The van der Waals surface area contributed by atoms with Crippen LogP contribution in [-0.2, 0) is 0 Å². The van der Waals surface area contributed by atoms with Gasteiger partial charge in [0.05, 0.1) is 16.6 Å². The zero-order valence-electron chi connectivity index (χ0n) is 17.2. The molecule has 0 unspecified atom stereocenters. The summed E-state index contributed by atoms with van der Waals surface area (Å²) >= 11 is 0. The standard InChI is InChI=1S/C21H24N6O2S.H2/c1-13(2)27-14(3)24-17-12-23-20(11-18(17)27)25-19-8-9-22-21(26-19)15-6-5-7-16(10-15)30(4,28)29;/h5-13,28-29H,1-4H3,(H,22,23,25,26);1H. The minimum atomic E-state index is -2.81. The van der Waals surface area contributed by atoms with E-state index in [1.807, 2.05) is 19.1 Å². The van der Waals surface area contributed by atoms with Crippen molar-refractivity contribution in [3.8, 4) is 11.4 Å². The third kappa shape index (κ3) is 4.00. The highest BCUT2D eigenvalue weighted by atomic mass is 32.3. The largest absolute Gasteiger partial charge is 0.326 e. The quantitative estimate of drug-likeness (QED) is 0.386. The molecule has 0 atom stereocenters. The predicted molar refractivity (Wildman–Crippen MR) is 123 cm³/mol. The first-order valence-corrected chi connectivity index (χ1v) is 11.5. The second-order valence-corrected chi connectivity index (χ2v) is 9.57. The van der Waals surface area contributed by atoms with Crippen LogP contribution in [0.1, 0.15) is 27.1 Å². The van der Waals surface area contributed by atoms with Gasteiger partial charge in [0.1, 0.15) is 23.0 Å². The predicted octanol–water partition coefficient (Wildman–Crippen LogP) is 5.51. The Kier molecular flexibility index (Phi) is 5.19. The molecule has 0 aliphatic rings. The monoisotopic (exact) mass is 426 g/mol. The Morgan fingerprint density at radius 2 is 1.87 bits per heavy atom. The van der Waals surface area contributed by atoms with E-state index in [-0.39, 0.29) is 7.47 Å². The van der Waals surface area contributed by atoms with Gasteiger partial charge in [-0.3, -0.25) is 9.11 Å². The summed E-state index contributed by atoms with van der Waals surface area (Å²) in [6.07, 6.45) is 4.81. The summed E-state index contributed by atoms with van der Waals surface area (Å²) in [6.45, 7) is 6.24. The fourth-order valence-electron chi connectivity index (χ4n) is 3.41. The van der Waals surface area contributed by atoms with Crippen LogP contribution in [-0.4, -0.2) is 39.9 Å². The molecule has 4 rings (SSSR count). The number of fused-ring (bicyclic) bond motifs is 1. The van der Waals surface area contributed by atoms with E-state index in [0.29, 0.717) is 27.9 Å². The summed E-state index contributed by atoms with van der Waals surface area (Å²) in [6, 6.07) is 11.0. The molecule has 0 fully saturated rings. The lowest BCUT2D eigenvalue weighted by molar-refractivity contribution is 0.495. The maximum absolute atomic E-state index is 9.93. The average Bonchev–Trinajstić information content (AvgIpc) is 3.03. The van der Waals surface area contributed by atoms with Crippen LogP contribution in [0.25, 0.3) is 22.4 Å². The average molecular weight is 427 g/mol. The zero-order valence-corrected chi connectivity index (χ0v) is 18.1. The number of hydrogen-bond donors (Lipinski definition) is 3. The molecule has 3 heterocycles. The van der Waals surface area contributed by atoms with Gasteiger partial charge >= 0.3 is 0 Å². The van der Waals surface area contributed by atoms with E-state index in [2.05, 4.69) is 43.7 Å². The Balaban J connectivity index is 0.00000272. The summed E-state index contributed by atoms with van der Waals surface area (Å²) in [7, 11) is -2.81. The number of nitrogens with zero attached hydrogens (tertiary/aromatic N) is 5. The smallest absolute Gasteiger partial charge is 0.161 e. The number of rotatable bonds is 5. The number of pyridine rings is 1. The van der Waals surface area contributed by atoms with E-state index in [0.717, 1.165) is 16.9 Å². The van der Waals surface area contributed by atoms with Gasteiger partial charge in [0, 0.05) is 31.6 Å². The van der Waals surface area contributed by atoms with Crippen LogP contribution >= 0.6 is 10.6 Å². The molecule has 3 N–H and O–H groups in total. The maximum atomic E-state index is 9.93. The van der Waals surface area contributed by atoms with Gasteiger partial charge < -0.3 is 9.88 Å². The number of aryl methyl sites for hydroxylation is 1. The molecule has 0 bridgehead atoms. The van der Waals surface area contributed by atoms with Gasteiger partial charge in [0.25, 0.3) is 0 Å². The second-order valence-electron chi connectivity index (χ2n) is 7.43. The summed E-state index contributed by atoms with van der Waals surface area (Å²) in [5.41, 5.74) is 2.57. The van der Waals surface area contributed by atoms with Crippen molar-refractivity contribution >= 4 is 33.3 Å². The van der Waals surface area contributed by atoms with Crippen molar-refractivity contribution < 1.29 is 10.5 Å². The lowest BCUT2D eigenvalue weighted by atomic mass is 10.2. The summed E-state index contributed by atoms with van der Waals surface area (Å²) < 4.78 is 22.0. The van der Waals surface area contributed by atoms with Crippen molar-refractivity contribution in [1.82, 2.24) is 24.5 Å². The van der Waals surface area contributed by atoms with Gasteiger partial charge in [-0.1, -0.05) is 12.1 Å². The van der Waals surface area contributed by atoms with Crippen molar-refractivity contribution in [3.05, 3.63) is 54.6 Å². The molecule has 0 radical (unpaired) electrons. The molecule has 0 saturated heterocycles. The fourth-order valence-corrected chi connectivity index (χ4v) is 4.10. The molecule has 8 nitrogen and oxygen atoms in total. The van der Waals surface area contributed by atoms with E-state index >= 15 is 0 Å². The van der Waals surface area contributed by atoms with E-state index in [4.69, 9.17) is 0 Å². The first-order chi connectivity index (χ1) is 14.2. The molecule has 0 saturated carbocycles. The van der Waals surface area contributed by atoms with Crippen LogP contribution in [0.4, 0.5) is 11.6 Å². The Labute approximate surface area is 177 Å². The van der Waals surface area contributed by atoms with Crippen molar-refractivity contribution in [2.45, 2.75) is 31.7 Å². The number of aromatic nitrogens is 5. The van der Waals surface area contributed by atoms with Crippen LogP contribution in [0.3, 0.4) is 0 Å². The molecular formula is C21H26N6O2S. The molecule has 9 heteroatoms. The van der Waals surface area contributed by atoms with Gasteiger partial charge in [-0.25, -0.2) is 19.9 Å². The van der Waals surface area contributed by atoms with Crippen molar-refractivity contribution in [2.24, 2.45) is 0 Å². The lowest BCUT2D eigenvalue weighted by Crippen LogP contribution is -2.03. The molecule has 0 aliphatic heterocycles. The third-order valence-electron chi connectivity index (χ3n) is 4.72. The molecule has 0 amide bonds. The van der Waals surface area contributed by atoms with Gasteiger partial charge in [-0.2, -0.15) is 10.6 Å². The van der Waals surface area contributed by atoms with Gasteiger partial charge in [0.2, 0.25) is 0 Å². The van der Waals surface area contributed by atoms with Gasteiger partial charge in [-0.15, -0.1) is 0 Å². The van der Waals surface area contributed by atoms with E-state index in [1.54, 1.807) is 36.7 Å². The fraction of sp³-hybridized carbons (Fsp3) is 0.238. The van der Waals surface area contributed by atoms with Crippen LogP contribution in [0.15, 0.2) is 53.7 Å². The molecule has 158 valence electrons. The minimum absolute atomic E-state index is 0. The Morgan fingerprint density at radius 1 is 1.07 bits per heavy atom. The number of benzene rings is 1. The Morgan fingerprint density at radius 3 is 2.60 bits per heavy atom. The SMILES string of the molecule is Cc1nc2cnc(Nc3ccnc(-c4cccc(S(C)(O)O)c4)n3)cc2n1C(C)C.[HH]. The van der Waals surface area contributed by atoms with Gasteiger partial charge in [-0.05, 0) is 39.0 Å². The van der Waals surface area contributed by atoms with Crippen LogP contribution in [0, 0.1) is 6.92 Å². The highest BCUT2D eigenvalue weighted by Crippen LogP contribution is 2.44. The molecule has 0 spiro atoms. The molecule has 0 aliphatic carbocycles. The van der Waals surface area contributed by atoms with Crippen molar-refractivity contribution in [2.75, 3.05) is 11.6 Å². The molecule has 3 aromatic heterocycles. The van der Waals surface area contributed by atoms with Crippen LogP contribution in [0.5, 0.6) is 0 Å². The first kappa shape index (κ1) is 20.3. The third-order valence-corrected chi connectivity index (χ3v) is 5.87. The number of anilines is 2. The minimum Gasteiger partial charge on any atom is -0.326 e. The van der Waals surface area contributed by atoms with Crippen LogP contribution < -0.4 is 5.32 Å². The number of hydrogen-bond acceptors (Lipinski definition) is 7. The van der Waals surface area contributed by atoms with Crippen molar-refractivity contribution in [3.63, 3.8) is 0 Å². The topological polar surface area (TPSA) is 109 Å². The summed E-state index contributed by atoms with van der Waals surface area (Å²) in [5.74, 6) is 2.68. The zero-order chi connectivity index (χ0) is 21.5. The Hall–Kier alpha value is -3.01. The molecule has 4 aromatic rings. The maximum Gasteiger partial charge on any atom is 0.161 e. The first-order valence-electron chi connectivity index (χ1n) is 9.51. The highest BCUT2D eigenvalue weighted by molar-refractivity contribution is 8.23. The molecule has 1 aromatic carbocycles.